The van der Waals surface area contributed by atoms with Gasteiger partial charge in [0, 0.05) is 38.5 Å². The minimum absolute atomic E-state index is 0.794. The molecule has 0 bridgehead atoms. The number of rotatable bonds is 4. The molecule has 1 aliphatic rings. The van der Waals surface area contributed by atoms with Crippen molar-refractivity contribution in [1.29, 1.82) is 0 Å². The SMILES string of the molecule is Cc1coc(SCCN2CCNCC2)n1. The molecule has 2 rings (SSSR count). The molecule has 0 saturated carbocycles. The lowest BCUT2D eigenvalue weighted by atomic mass is 10.4. The van der Waals surface area contributed by atoms with Gasteiger partial charge in [0.15, 0.2) is 0 Å². The molecule has 1 N–H and O–H groups in total. The molecule has 0 radical (unpaired) electrons. The third-order valence-corrected chi connectivity index (χ3v) is 3.26. The van der Waals surface area contributed by atoms with Crippen LogP contribution >= 0.6 is 11.8 Å². The van der Waals surface area contributed by atoms with Crippen LogP contribution in [0.4, 0.5) is 0 Å². The number of oxazole rings is 1. The maximum Gasteiger partial charge on any atom is 0.255 e. The molecular formula is C10H17N3OS. The van der Waals surface area contributed by atoms with Gasteiger partial charge in [-0.2, -0.15) is 0 Å². The first-order valence-corrected chi connectivity index (χ1v) is 6.31. The van der Waals surface area contributed by atoms with Crippen LogP contribution in [0.1, 0.15) is 5.69 Å². The highest BCUT2D eigenvalue weighted by Crippen LogP contribution is 2.16. The normalized spacial score (nSPS) is 18.2. The van der Waals surface area contributed by atoms with E-state index >= 15 is 0 Å². The van der Waals surface area contributed by atoms with E-state index in [0.717, 1.165) is 49.4 Å². The van der Waals surface area contributed by atoms with Gasteiger partial charge in [-0.25, -0.2) is 4.98 Å². The molecule has 1 fully saturated rings. The lowest BCUT2D eigenvalue weighted by Crippen LogP contribution is -2.44. The second kappa shape index (κ2) is 5.53. The van der Waals surface area contributed by atoms with Crippen molar-refractivity contribution >= 4 is 11.8 Å². The zero-order valence-corrected chi connectivity index (χ0v) is 9.85. The van der Waals surface area contributed by atoms with Crippen LogP contribution in [0.15, 0.2) is 15.9 Å². The molecule has 0 aromatic carbocycles. The van der Waals surface area contributed by atoms with Gasteiger partial charge < -0.3 is 9.73 Å². The summed E-state index contributed by atoms with van der Waals surface area (Å²) in [5.74, 6) is 1.06. The van der Waals surface area contributed by atoms with Crippen LogP contribution < -0.4 is 5.32 Å². The fraction of sp³-hybridized carbons (Fsp3) is 0.700. The molecule has 2 heterocycles. The van der Waals surface area contributed by atoms with Crippen molar-refractivity contribution in [2.24, 2.45) is 0 Å². The highest BCUT2D eigenvalue weighted by Gasteiger charge is 2.09. The third-order valence-electron chi connectivity index (χ3n) is 2.44. The maximum absolute atomic E-state index is 5.27. The smallest absolute Gasteiger partial charge is 0.255 e. The van der Waals surface area contributed by atoms with E-state index in [-0.39, 0.29) is 0 Å². The van der Waals surface area contributed by atoms with E-state index in [2.05, 4.69) is 15.2 Å². The zero-order chi connectivity index (χ0) is 10.5. The van der Waals surface area contributed by atoms with Crippen LogP contribution in [0.5, 0.6) is 0 Å². The van der Waals surface area contributed by atoms with Crippen molar-refractivity contribution in [1.82, 2.24) is 15.2 Å². The zero-order valence-electron chi connectivity index (χ0n) is 9.03. The average molecular weight is 227 g/mol. The second-order valence-corrected chi connectivity index (χ2v) is 4.74. The quantitative estimate of drug-likeness (QED) is 0.777. The van der Waals surface area contributed by atoms with Crippen LogP contribution in [0.25, 0.3) is 0 Å². The summed E-state index contributed by atoms with van der Waals surface area (Å²) >= 11 is 1.70. The van der Waals surface area contributed by atoms with Crippen molar-refractivity contribution in [3.63, 3.8) is 0 Å². The van der Waals surface area contributed by atoms with Crippen LogP contribution in [-0.2, 0) is 0 Å². The van der Waals surface area contributed by atoms with E-state index in [1.54, 1.807) is 18.0 Å². The van der Waals surface area contributed by atoms with Crippen LogP contribution in [0.3, 0.4) is 0 Å². The van der Waals surface area contributed by atoms with Gasteiger partial charge in [-0.05, 0) is 6.92 Å². The minimum atomic E-state index is 0.794. The topological polar surface area (TPSA) is 41.3 Å². The first kappa shape index (κ1) is 11.0. The summed E-state index contributed by atoms with van der Waals surface area (Å²) in [4.78, 5) is 6.73. The van der Waals surface area contributed by atoms with Crippen molar-refractivity contribution in [2.45, 2.75) is 12.1 Å². The summed E-state index contributed by atoms with van der Waals surface area (Å²) in [6.45, 7) is 7.61. The molecule has 0 spiro atoms. The Morgan fingerprint density at radius 1 is 1.53 bits per heavy atom. The number of thioether (sulfide) groups is 1. The van der Waals surface area contributed by atoms with E-state index in [1.807, 2.05) is 6.92 Å². The summed E-state index contributed by atoms with van der Waals surface area (Å²) in [5.41, 5.74) is 0.958. The van der Waals surface area contributed by atoms with Crippen LogP contribution in [-0.4, -0.2) is 48.4 Å². The van der Waals surface area contributed by atoms with E-state index in [1.165, 1.54) is 0 Å². The standard InChI is InChI=1S/C10H17N3OS/c1-9-8-14-10(12-9)15-7-6-13-4-2-11-3-5-13/h8,11H,2-7H2,1H3. The molecule has 1 aromatic heterocycles. The van der Waals surface area contributed by atoms with Crippen molar-refractivity contribution < 1.29 is 4.42 Å². The highest BCUT2D eigenvalue weighted by atomic mass is 32.2. The van der Waals surface area contributed by atoms with Gasteiger partial charge in [0.25, 0.3) is 5.22 Å². The largest absolute Gasteiger partial charge is 0.440 e. The van der Waals surface area contributed by atoms with E-state index in [9.17, 15) is 0 Å². The first-order chi connectivity index (χ1) is 7.34. The van der Waals surface area contributed by atoms with Crippen molar-refractivity contribution in [3.8, 4) is 0 Å². The van der Waals surface area contributed by atoms with Gasteiger partial charge in [-0.3, -0.25) is 4.90 Å². The summed E-state index contributed by atoms with van der Waals surface area (Å²) in [7, 11) is 0. The Labute approximate surface area is 94.4 Å². The fourth-order valence-corrected chi connectivity index (χ4v) is 2.44. The fourth-order valence-electron chi connectivity index (χ4n) is 1.60. The Kier molecular flexibility index (Phi) is 4.05. The van der Waals surface area contributed by atoms with Crippen molar-refractivity contribution in [2.75, 3.05) is 38.5 Å². The van der Waals surface area contributed by atoms with Gasteiger partial charge in [0.1, 0.15) is 6.26 Å². The molecule has 1 saturated heterocycles. The Bertz CT molecular complexity index is 297. The lowest BCUT2D eigenvalue weighted by Gasteiger charge is -2.26. The minimum Gasteiger partial charge on any atom is -0.440 e. The molecule has 5 heteroatoms. The Balaban J connectivity index is 1.65. The van der Waals surface area contributed by atoms with Gasteiger partial charge in [-0.15, -0.1) is 0 Å². The monoisotopic (exact) mass is 227 g/mol. The average Bonchev–Trinajstić information content (AvgIpc) is 2.66. The van der Waals surface area contributed by atoms with Crippen molar-refractivity contribution in [3.05, 3.63) is 12.0 Å². The number of hydrogen-bond donors (Lipinski definition) is 1. The molecule has 0 amide bonds. The molecule has 1 aliphatic heterocycles. The maximum atomic E-state index is 5.27. The number of aryl methyl sites for hydroxylation is 1. The summed E-state index contributed by atoms with van der Waals surface area (Å²) in [6.07, 6.45) is 1.70. The number of nitrogens with zero attached hydrogens (tertiary/aromatic N) is 2. The second-order valence-electron chi connectivity index (χ2n) is 3.69. The van der Waals surface area contributed by atoms with E-state index < -0.39 is 0 Å². The number of piperazine rings is 1. The Hall–Kier alpha value is -0.520. The highest BCUT2D eigenvalue weighted by molar-refractivity contribution is 7.99. The molecule has 1 aromatic rings. The van der Waals surface area contributed by atoms with Crippen LogP contribution in [0.2, 0.25) is 0 Å². The molecule has 0 atom stereocenters. The van der Waals surface area contributed by atoms with E-state index in [0.29, 0.717) is 0 Å². The number of aromatic nitrogens is 1. The predicted molar refractivity (Wildman–Crippen MR) is 61.3 cm³/mol. The predicted octanol–water partition coefficient (Wildman–Crippen LogP) is 0.980. The van der Waals surface area contributed by atoms with E-state index in [4.69, 9.17) is 4.42 Å². The van der Waals surface area contributed by atoms with Gasteiger partial charge >= 0.3 is 0 Å². The molecule has 4 nitrogen and oxygen atoms in total. The van der Waals surface area contributed by atoms with Gasteiger partial charge in [0.2, 0.25) is 0 Å². The van der Waals surface area contributed by atoms with Gasteiger partial charge in [0.05, 0.1) is 5.69 Å². The third kappa shape index (κ3) is 3.52. The molecule has 84 valence electrons. The van der Waals surface area contributed by atoms with Gasteiger partial charge in [-0.1, -0.05) is 11.8 Å². The number of nitrogens with one attached hydrogen (secondary N) is 1. The number of hydrogen-bond acceptors (Lipinski definition) is 5. The Morgan fingerprint density at radius 3 is 3.00 bits per heavy atom. The Morgan fingerprint density at radius 2 is 2.33 bits per heavy atom. The molecule has 0 unspecified atom stereocenters. The van der Waals surface area contributed by atoms with Crippen LogP contribution in [0, 0.1) is 6.92 Å². The molecule has 15 heavy (non-hydrogen) atoms. The summed E-state index contributed by atoms with van der Waals surface area (Å²) in [5, 5.41) is 4.14. The molecule has 0 aliphatic carbocycles. The summed E-state index contributed by atoms with van der Waals surface area (Å²) < 4.78 is 5.27. The lowest BCUT2D eigenvalue weighted by molar-refractivity contribution is 0.255. The summed E-state index contributed by atoms with van der Waals surface area (Å²) in [6, 6.07) is 0. The first-order valence-electron chi connectivity index (χ1n) is 5.32. The molecular weight excluding hydrogens is 210 g/mol.